The summed E-state index contributed by atoms with van der Waals surface area (Å²) in [4.78, 5) is 5.82. The van der Waals surface area contributed by atoms with E-state index in [1.54, 1.807) is 18.9 Å². The van der Waals surface area contributed by atoms with Gasteiger partial charge in [-0.25, -0.2) is 4.98 Å². The van der Waals surface area contributed by atoms with Gasteiger partial charge in [0.15, 0.2) is 0 Å². The summed E-state index contributed by atoms with van der Waals surface area (Å²) in [5.74, 6) is 1.82. The van der Waals surface area contributed by atoms with Gasteiger partial charge in [-0.3, -0.25) is 5.32 Å². The Morgan fingerprint density at radius 3 is 2.56 bits per heavy atom. The van der Waals surface area contributed by atoms with E-state index in [2.05, 4.69) is 46.9 Å². The third-order valence-corrected chi connectivity index (χ3v) is 4.98. The standard InChI is InChI=1S/C20H23N3OS/c1-23-13-12-21-20(23)19(17-6-4-5-7-18(17)24-2)22-14-15-8-10-16(25-3)11-9-15/h4-13,19,22H,14H2,1-3H3/t19-/m1/s1. The van der Waals surface area contributed by atoms with Crippen molar-refractivity contribution in [2.45, 2.75) is 17.5 Å². The fourth-order valence-electron chi connectivity index (χ4n) is 2.86. The molecule has 0 bridgehead atoms. The zero-order valence-electron chi connectivity index (χ0n) is 14.8. The van der Waals surface area contributed by atoms with Crippen LogP contribution in [0, 0.1) is 0 Å². The molecule has 1 atom stereocenters. The molecule has 1 heterocycles. The molecule has 1 N–H and O–H groups in total. The minimum absolute atomic E-state index is 0.0450. The van der Waals surface area contributed by atoms with Crippen LogP contribution in [0.4, 0.5) is 0 Å². The molecule has 0 spiro atoms. The van der Waals surface area contributed by atoms with E-state index in [1.165, 1.54) is 10.5 Å². The lowest BCUT2D eigenvalue weighted by Crippen LogP contribution is -2.25. The van der Waals surface area contributed by atoms with E-state index >= 15 is 0 Å². The molecule has 130 valence electrons. The highest BCUT2D eigenvalue weighted by molar-refractivity contribution is 7.98. The molecule has 0 unspecified atom stereocenters. The van der Waals surface area contributed by atoms with Crippen LogP contribution in [-0.4, -0.2) is 22.9 Å². The van der Waals surface area contributed by atoms with Crippen LogP contribution in [0.2, 0.25) is 0 Å². The zero-order valence-corrected chi connectivity index (χ0v) is 15.6. The Morgan fingerprint density at radius 1 is 1.16 bits per heavy atom. The summed E-state index contributed by atoms with van der Waals surface area (Å²) >= 11 is 1.75. The Kier molecular flexibility index (Phi) is 5.79. The molecular weight excluding hydrogens is 330 g/mol. The van der Waals surface area contributed by atoms with Crippen LogP contribution in [0.5, 0.6) is 5.75 Å². The van der Waals surface area contributed by atoms with Crippen molar-refractivity contribution in [2.75, 3.05) is 13.4 Å². The van der Waals surface area contributed by atoms with Crippen LogP contribution < -0.4 is 10.1 Å². The van der Waals surface area contributed by atoms with E-state index in [0.717, 1.165) is 23.7 Å². The largest absolute Gasteiger partial charge is 0.496 e. The summed E-state index contributed by atoms with van der Waals surface area (Å²) in [5.41, 5.74) is 2.33. The summed E-state index contributed by atoms with van der Waals surface area (Å²) < 4.78 is 7.61. The number of methoxy groups -OCH3 is 1. The first kappa shape index (κ1) is 17.6. The molecule has 1 aromatic heterocycles. The molecule has 0 saturated heterocycles. The molecule has 3 rings (SSSR count). The van der Waals surface area contributed by atoms with Crippen molar-refractivity contribution in [3.63, 3.8) is 0 Å². The first-order valence-corrected chi connectivity index (χ1v) is 9.42. The van der Waals surface area contributed by atoms with Gasteiger partial charge in [-0.1, -0.05) is 30.3 Å². The predicted octanol–water partition coefficient (Wildman–Crippen LogP) is 4.03. The van der Waals surface area contributed by atoms with E-state index in [4.69, 9.17) is 4.74 Å². The van der Waals surface area contributed by atoms with Crippen molar-refractivity contribution < 1.29 is 4.74 Å². The van der Waals surface area contributed by atoms with Gasteiger partial charge in [0.25, 0.3) is 0 Å². The monoisotopic (exact) mass is 353 g/mol. The van der Waals surface area contributed by atoms with Crippen molar-refractivity contribution in [2.24, 2.45) is 7.05 Å². The Labute approximate surface area is 153 Å². The molecule has 0 aliphatic carbocycles. The summed E-state index contributed by atoms with van der Waals surface area (Å²) in [7, 11) is 3.72. The second-order valence-electron chi connectivity index (χ2n) is 5.80. The Morgan fingerprint density at radius 2 is 1.92 bits per heavy atom. The first-order valence-electron chi connectivity index (χ1n) is 8.19. The first-order chi connectivity index (χ1) is 12.2. The van der Waals surface area contributed by atoms with Crippen LogP contribution in [0.1, 0.15) is 23.0 Å². The number of hydrogen-bond acceptors (Lipinski definition) is 4. The number of ether oxygens (including phenoxy) is 1. The van der Waals surface area contributed by atoms with Gasteiger partial charge in [-0.05, 0) is 30.0 Å². The Bertz CT molecular complexity index is 814. The lowest BCUT2D eigenvalue weighted by molar-refractivity contribution is 0.401. The maximum atomic E-state index is 5.57. The maximum absolute atomic E-state index is 5.57. The predicted molar refractivity (Wildman–Crippen MR) is 103 cm³/mol. The van der Waals surface area contributed by atoms with Gasteiger partial charge in [-0.15, -0.1) is 11.8 Å². The molecule has 25 heavy (non-hydrogen) atoms. The van der Waals surface area contributed by atoms with Crippen LogP contribution >= 0.6 is 11.8 Å². The van der Waals surface area contributed by atoms with Crippen molar-refractivity contribution in [1.29, 1.82) is 0 Å². The Balaban J connectivity index is 1.88. The smallest absolute Gasteiger partial charge is 0.130 e. The van der Waals surface area contributed by atoms with Crippen molar-refractivity contribution in [1.82, 2.24) is 14.9 Å². The van der Waals surface area contributed by atoms with E-state index < -0.39 is 0 Å². The van der Waals surface area contributed by atoms with Gasteiger partial charge >= 0.3 is 0 Å². The van der Waals surface area contributed by atoms with Crippen LogP contribution in [0.3, 0.4) is 0 Å². The van der Waals surface area contributed by atoms with E-state index in [-0.39, 0.29) is 6.04 Å². The van der Waals surface area contributed by atoms with Crippen LogP contribution in [-0.2, 0) is 13.6 Å². The van der Waals surface area contributed by atoms with Crippen molar-refractivity contribution >= 4 is 11.8 Å². The van der Waals surface area contributed by atoms with Crippen molar-refractivity contribution in [3.8, 4) is 5.75 Å². The minimum Gasteiger partial charge on any atom is -0.496 e. The number of benzene rings is 2. The molecule has 0 radical (unpaired) electrons. The quantitative estimate of drug-likeness (QED) is 0.651. The molecular formula is C20H23N3OS. The molecule has 0 saturated carbocycles. The third-order valence-electron chi connectivity index (χ3n) is 4.24. The summed E-state index contributed by atoms with van der Waals surface area (Å²) in [6, 6.07) is 16.7. The third kappa shape index (κ3) is 4.06. The molecule has 4 nitrogen and oxygen atoms in total. The van der Waals surface area contributed by atoms with E-state index in [1.807, 2.05) is 42.2 Å². The number of imidazole rings is 1. The molecule has 0 aliphatic rings. The van der Waals surface area contributed by atoms with Gasteiger partial charge in [0.05, 0.1) is 13.2 Å². The van der Waals surface area contributed by atoms with Crippen LogP contribution in [0.15, 0.2) is 65.8 Å². The van der Waals surface area contributed by atoms with Gasteiger partial charge in [-0.2, -0.15) is 0 Å². The number of nitrogens with one attached hydrogen (secondary N) is 1. The van der Waals surface area contributed by atoms with Crippen molar-refractivity contribution in [3.05, 3.63) is 77.9 Å². The summed E-state index contributed by atoms with van der Waals surface area (Å²) in [6.45, 7) is 0.754. The number of thioether (sulfide) groups is 1. The SMILES string of the molecule is COc1ccccc1[C@@H](NCc1ccc(SC)cc1)c1nccn1C. The average Bonchev–Trinajstić information content (AvgIpc) is 3.08. The number of nitrogens with zero attached hydrogens (tertiary/aromatic N) is 2. The highest BCUT2D eigenvalue weighted by Crippen LogP contribution is 2.29. The number of para-hydroxylation sites is 1. The molecule has 3 aromatic rings. The molecule has 0 fully saturated rings. The summed E-state index contributed by atoms with van der Waals surface area (Å²) in [6.07, 6.45) is 5.88. The highest BCUT2D eigenvalue weighted by atomic mass is 32.2. The fraction of sp³-hybridized carbons (Fsp3) is 0.250. The van der Waals surface area contributed by atoms with Gasteiger partial charge in [0.2, 0.25) is 0 Å². The molecule has 0 amide bonds. The highest BCUT2D eigenvalue weighted by Gasteiger charge is 2.21. The van der Waals surface area contributed by atoms with E-state index in [0.29, 0.717) is 0 Å². The van der Waals surface area contributed by atoms with Gasteiger partial charge in [0, 0.05) is 36.4 Å². The fourth-order valence-corrected chi connectivity index (χ4v) is 3.27. The summed E-state index contributed by atoms with van der Waals surface area (Å²) in [5, 5.41) is 3.64. The number of hydrogen-bond donors (Lipinski definition) is 1. The number of aromatic nitrogens is 2. The zero-order chi connectivity index (χ0) is 17.6. The normalized spacial score (nSPS) is 12.1. The average molecular weight is 353 g/mol. The second-order valence-corrected chi connectivity index (χ2v) is 6.68. The molecule has 0 aliphatic heterocycles. The topological polar surface area (TPSA) is 39.1 Å². The molecule has 2 aromatic carbocycles. The maximum Gasteiger partial charge on any atom is 0.130 e. The van der Waals surface area contributed by atoms with Crippen LogP contribution in [0.25, 0.3) is 0 Å². The molecule has 5 heteroatoms. The number of aryl methyl sites for hydroxylation is 1. The lowest BCUT2D eigenvalue weighted by atomic mass is 10.0. The number of rotatable bonds is 7. The van der Waals surface area contributed by atoms with Gasteiger partial charge in [0.1, 0.15) is 11.6 Å². The van der Waals surface area contributed by atoms with E-state index in [9.17, 15) is 0 Å². The second kappa shape index (κ2) is 8.23. The lowest BCUT2D eigenvalue weighted by Gasteiger charge is -2.21. The van der Waals surface area contributed by atoms with Gasteiger partial charge < -0.3 is 9.30 Å². The Hall–Kier alpha value is -2.24. The minimum atomic E-state index is -0.0450.